The first-order valence-corrected chi connectivity index (χ1v) is 3.62. The fourth-order valence-corrected chi connectivity index (χ4v) is 0.776. The molecule has 0 aromatic rings. The van der Waals surface area contributed by atoms with E-state index in [4.69, 9.17) is 0 Å². The van der Waals surface area contributed by atoms with E-state index in [1.807, 2.05) is 0 Å². The highest BCUT2D eigenvalue weighted by atomic mass is 32.2. The van der Waals surface area contributed by atoms with Crippen molar-refractivity contribution in [2.75, 3.05) is 12.9 Å². The van der Waals surface area contributed by atoms with Gasteiger partial charge in [-0.25, -0.2) is 0 Å². The Kier molecular flexibility index (Phi) is 4.04. The number of thioether (sulfide) groups is 1. The van der Waals surface area contributed by atoms with Gasteiger partial charge in [0.2, 0.25) is 4.38 Å². The molecule has 60 valence electrons. The molecule has 0 bridgehead atoms. The first-order valence-electron chi connectivity index (χ1n) is 2.23. The maximum Gasteiger partial charge on any atom is 0.398 e. The molecule has 0 unspecified atom stereocenters. The third-order valence-electron chi connectivity index (χ3n) is 0.520. The highest BCUT2D eigenvalue weighted by Gasteiger charge is 2.27. The molecular weight excluding hydrogens is 185 g/mol. The fourth-order valence-electron chi connectivity index (χ4n) is 0.200. The SMILES string of the molecule is COC(=S)SCC(F)(F)F. The Balaban J connectivity index is 3.46. The van der Waals surface area contributed by atoms with Gasteiger partial charge in [-0.2, -0.15) is 13.2 Å². The topological polar surface area (TPSA) is 9.23 Å². The van der Waals surface area contributed by atoms with E-state index >= 15 is 0 Å². The third kappa shape index (κ3) is 6.15. The quantitative estimate of drug-likeness (QED) is 0.587. The maximum atomic E-state index is 11.4. The van der Waals surface area contributed by atoms with Crippen LogP contribution in [0.1, 0.15) is 0 Å². The Morgan fingerprint density at radius 3 is 2.40 bits per heavy atom. The van der Waals surface area contributed by atoms with Crippen molar-refractivity contribution >= 4 is 28.4 Å². The molecule has 0 heterocycles. The van der Waals surface area contributed by atoms with Crippen LogP contribution in [0, 0.1) is 0 Å². The Hall–Kier alpha value is 0.0300. The van der Waals surface area contributed by atoms with Crippen molar-refractivity contribution in [3.63, 3.8) is 0 Å². The first kappa shape index (κ1) is 10.0. The smallest absolute Gasteiger partial charge is 0.398 e. The Bertz CT molecular complexity index is 122. The summed E-state index contributed by atoms with van der Waals surface area (Å²) in [5.74, 6) is -0.986. The monoisotopic (exact) mass is 190 g/mol. The Morgan fingerprint density at radius 2 is 2.10 bits per heavy atom. The van der Waals surface area contributed by atoms with E-state index in [9.17, 15) is 13.2 Å². The van der Waals surface area contributed by atoms with Crippen LogP contribution in [-0.2, 0) is 4.74 Å². The summed E-state index contributed by atoms with van der Waals surface area (Å²) in [6, 6.07) is 0. The van der Waals surface area contributed by atoms with E-state index in [-0.39, 0.29) is 4.38 Å². The molecule has 0 radical (unpaired) electrons. The van der Waals surface area contributed by atoms with Gasteiger partial charge in [-0.05, 0) is 12.2 Å². The largest absolute Gasteiger partial charge is 0.482 e. The van der Waals surface area contributed by atoms with E-state index in [0.717, 1.165) is 0 Å². The fraction of sp³-hybridized carbons (Fsp3) is 0.750. The van der Waals surface area contributed by atoms with E-state index < -0.39 is 11.9 Å². The molecule has 0 saturated carbocycles. The molecule has 6 heteroatoms. The van der Waals surface area contributed by atoms with E-state index in [2.05, 4.69) is 17.0 Å². The third-order valence-corrected chi connectivity index (χ3v) is 1.91. The molecule has 0 N–H and O–H groups in total. The Labute approximate surface area is 65.9 Å². The summed E-state index contributed by atoms with van der Waals surface area (Å²) in [5.41, 5.74) is 0. The summed E-state index contributed by atoms with van der Waals surface area (Å²) in [7, 11) is 1.24. The van der Waals surface area contributed by atoms with Gasteiger partial charge in [0.1, 0.15) is 0 Å². The van der Waals surface area contributed by atoms with Crippen LogP contribution in [0.5, 0.6) is 0 Å². The van der Waals surface area contributed by atoms with Crippen molar-refractivity contribution in [2.24, 2.45) is 0 Å². The van der Waals surface area contributed by atoms with Crippen LogP contribution < -0.4 is 0 Å². The molecule has 0 rings (SSSR count). The lowest BCUT2D eigenvalue weighted by molar-refractivity contribution is -0.105. The van der Waals surface area contributed by atoms with Gasteiger partial charge in [0.25, 0.3) is 0 Å². The second kappa shape index (κ2) is 4.02. The number of ether oxygens (including phenoxy) is 1. The van der Waals surface area contributed by atoms with Crippen LogP contribution in [0.3, 0.4) is 0 Å². The number of halogens is 3. The average molecular weight is 190 g/mol. The summed E-state index contributed by atoms with van der Waals surface area (Å²) in [6.45, 7) is 0. The molecule has 0 aromatic heterocycles. The molecule has 0 aliphatic carbocycles. The molecule has 0 aromatic carbocycles. The van der Waals surface area contributed by atoms with Crippen LogP contribution >= 0.6 is 24.0 Å². The molecule has 10 heavy (non-hydrogen) atoms. The van der Waals surface area contributed by atoms with Gasteiger partial charge in [0.15, 0.2) is 0 Å². The number of alkyl halides is 3. The van der Waals surface area contributed by atoms with E-state index in [1.165, 1.54) is 7.11 Å². The zero-order valence-electron chi connectivity index (χ0n) is 5.07. The molecule has 1 nitrogen and oxygen atoms in total. The lowest BCUT2D eigenvalue weighted by Gasteiger charge is -2.04. The number of rotatable bonds is 1. The van der Waals surface area contributed by atoms with Crippen molar-refractivity contribution in [3.05, 3.63) is 0 Å². The van der Waals surface area contributed by atoms with Crippen LogP contribution in [0.2, 0.25) is 0 Å². The molecule has 0 spiro atoms. The summed E-state index contributed by atoms with van der Waals surface area (Å²) in [4.78, 5) is 0. The second-order valence-electron chi connectivity index (χ2n) is 1.36. The lowest BCUT2D eigenvalue weighted by atomic mass is 10.8. The van der Waals surface area contributed by atoms with Gasteiger partial charge in [-0.3, -0.25) is 0 Å². The zero-order chi connectivity index (χ0) is 8.20. The molecule has 0 amide bonds. The standard InChI is InChI=1S/C4H5F3OS2/c1-8-3(9)10-2-4(5,6)7/h2H2,1H3. The van der Waals surface area contributed by atoms with Crippen LogP contribution in [0.25, 0.3) is 0 Å². The van der Waals surface area contributed by atoms with Crippen molar-refractivity contribution in [1.82, 2.24) is 0 Å². The lowest BCUT2D eigenvalue weighted by Crippen LogP contribution is -2.12. The predicted octanol–water partition coefficient (Wildman–Crippen LogP) is 2.21. The first-order chi connectivity index (χ1) is 4.45. The van der Waals surface area contributed by atoms with Crippen LogP contribution in [0.15, 0.2) is 0 Å². The van der Waals surface area contributed by atoms with Crippen molar-refractivity contribution < 1.29 is 17.9 Å². The minimum Gasteiger partial charge on any atom is -0.482 e. The van der Waals surface area contributed by atoms with E-state index in [1.54, 1.807) is 0 Å². The molecular formula is C4H5F3OS2. The predicted molar refractivity (Wildman–Crippen MR) is 38.1 cm³/mol. The van der Waals surface area contributed by atoms with Crippen LogP contribution in [-0.4, -0.2) is 23.4 Å². The van der Waals surface area contributed by atoms with Crippen molar-refractivity contribution in [2.45, 2.75) is 6.18 Å². The summed E-state index contributed by atoms with van der Waals surface area (Å²) in [6.07, 6.45) is -4.17. The second-order valence-corrected chi connectivity index (χ2v) is 2.94. The van der Waals surface area contributed by atoms with Gasteiger partial charge >= 0.3 is 6.18 Å². The van der Waals surface area contributed by atoms with Crippen molar-refractivity contribution in [3.8, 4) is 0 Å². The highest BCUT2D eigenvalue weighted by Crippen LogP contribution is 2.21. The normalized spacial score (nSPS) is 11.2. The van der Waals surface area contributed by atoms with Crippen molar-refractivity contribution in [1.29, 1.82) is 0 Å². The number of methoxy groups -OCH3 is 1. The van der Waals surface area contributed by atoms with Gasteiger partial charge < -0.3 is 4.74 Å². The molecule has 0 atom stereocenters. The summed E-state index contributed by atoms with van der Waals surface area (Å²) in [5, 5.41) is 0. The van der Waals surface area contributed by atoms with Gasteiger partial charge in [0, 0.05) is 0 Å². The highest BCUT2D eigenvalue weighted by molar-refractivity contribution is 8.22. The summed E-state index contributed by atoms with van der Waals surface area (Å²) >= 11 is 4.83. The average Bonchev–Trinajstić information content (AvgIpc) is 1.81. The number of hydrogen-bond acceptors (Lipinski definition) is 3. The minimum atomic E-state index is -4.17. The minimum absolute atomic E-state index is 0.0858. The molecule has 0 fully saturated rings. The molecule has 0 aliphatic heterocycles. The molecule has 0 aliphatic rings. The molecule has 0 saturated heterocycles. The van der Waals surface area contributed by atoms with Gasteiger partial charge in [-0.15, -0.1) is 0 Å². The number of hydrogen-bond donors (Lipinski definition) is 0. The van der Waals surface area contributed by atoms with E-state index in [0.29, 0.717) is 11.8 Å². The maximum absolute atomic E-state index is 11.4. The van der Waals surface area contributed by atoms with Crippen LogP contribution in [0.4, 0.5) is 13.2 Å². The Morgan fingerprint density at radius 1 is 1.60 bits per heavy atom. The zero-order valence-corrected chi connectivity index (χ0v) is 6.70. The van der Waals surface area contributed by atoms with Gasteiger partial charge in [0.05, 0.1) is 12.9 Å². The summed E-state index contributed by atoms with van der Waals surface area (Å²) < 4.78 is 38.5. The van der Waals surface area contributed by atoms with Gasteiger partial charge in [-0.1, -0.05) is 11.8 Å². The number of thiocarbonyl (C=S) groups is 1.